The molecule has 2 aromatic heterocycles. The average Bonchev–Trinajstić information content (AvgIpc) is 2.85. The molecule has 4 aromatic rings. The fourth-order valence-electron chi connectivity index (χ4n) is 4.31. The van der Waals surface area contributed by atoms with Crippen LogP contribution in [-0.4, -0.2) is 12.1 Å². The summed E-state index contributed by atoms with van der Waals surface area (Å²) in [5.41, 5.74) is 14.4. The van der Waals surface area contributed by atoms with E-state index >= 15 is 0 Å². The third kappa shape index (κ3) is 3.52. The van der Waals surface area contributed by atoms with Gasteiger partial charge in [-0.2, -0.15) is 9.65 Å². The number of hydrogen-bond acceptors (Lipinski definition) is 8. The van der Waals surface area contributed by atoms with Gasteiger partial charge < -0.3 is 25.4 Å². The number of nitriles is 1. The van der Waals surface area contributed by atoms with E-state index in [0.717, 1.165) is 0 Å². The Balaban J connectivity index is 1.79. The van der Waals surface area contributed by atoms with Gasteiger partial charge in [-0.05, 0) is 48.9 Å². The molecule has 1 aliphatic heterocycles. The number of nitrogen functional groups attached to an aromatic ring is 1. The van der Waals surface area contributed by atoms with E-state index in [1.807, 2.05) is 0 Å². The van der Waals surface area contributed by atoms with Crippen molar-refractivity contribution in [2.45, 2.75) is 12.8 Å². The minimum Gasteiger partial charge on any atom is -0.496 e. The van der Waals surface area contributed by atoms with E-state index in [2.05, 4.69) is 11.1 Å². The van der Waals surface area contributed by atoms with Crippen LogP contribution in [0, 0.1) is 24.2 Å². The number of nitrogens with zero attached hydrogens (tertiary/aromatic N) is 2. The van der Waals surface area contributed by atoms with Crippen molar-refractivity contribution < 1.29 is 18.3 Å². The van der Waals surface area contributed by atoms with Gasteiger partial charge in [0, 0.05) is 28.6 Å². The van der Waals surface area contributed by atoms with Crippen molar-refractivity contribution in [3.8, 4) is 28.7 Å². The molecule has 4 N–H and O–H groups in total. The molecule has 1 atom stereocenters. The third-order valence-electron chi connectivity index (χ3n) is 5.97. The Labute approximate surface area is 198 Å². The molecular weight excluding hydrogens is 451 g/mol. The zero-order valence-electron chi connectivity index (χ0n) is 18.8. The molecule has 0 bridgehead atoms. The summed E-state index contributed by atoms with van der Waals surface area (Å²) in [6.45, 7) is 1.61. The molecule has 0 amide bonds. The highest BCUT2D eigenvalue weighted by Crippen LogP contribution is 2.45. The zero-order chi connectivity index (χ0) is 24.9. The van der Waals surface area contributed by atoms with Crippen LogP contribution in [0.4, 0.5) is 10.1 Å². The quantitative estimate of drug-likeness (QED) is 0.259. The van der Waals surface area contributed by atoms with E-state index in [0.29, 0.717) is 39.1 Å². The summed E-state index contributed by atoms with van der Waals surface area (Å²) in [7, 11) is 1.51. The number of hydrogen-bond donors (Lipinski definition) is 2. The van der Waals surface area contributed by atoms with Gasteiger partial charge in [-0.3, -0.25) is 0 Å². The van der Waals surface area contributed by atoms with E-state index < -0.39 is 17.5 Å². The Morgan fingerprint density at radius 2 is 1.97 bits per heavy atom. The maximum absolute atomic E-state index is 13.8. The van der Waals surface area contributed by atoms with Crippen molar-refractivity contribution in [3.05, 3.63) is 93.2 Å². The van der Waals surface area contributed by atoms with Gasteiger partial charge in [0.1, 0.15) is 23.0 Å². The van der Waals surface area contributed by atoms with E-state index in [4.69, 9.17) is 25.4 Å². The Bertz CT molecular complexity index is 1650. The molecule has 174 valence electrons. The summed E-state index contributed by atoms with van der Waals surface area (Å²) in [6.07, 6.45) is 1.39. The number of nitrogens with two attached hydrogens (primary N) is 2. The summed E-state index contributed by atoms with van der Waals surface area (Å²) in [5.74, 6) is -0.904. The molecule has 9 heteroatoms. The Hall–Kier alpha value is -4.84. The lowest BCUT2D eigenvalue weighted by Crippen LogP contribution is -2.26. The largest absolute Gasteiger partial charge is 0.496 e. The topological polar surface area (TPSA) is 137 Å². The third-order valence-corrected chi connectivity index (χ3v) is 5.97. The molecule has 5 rings (SSSR count). The van der Waals surface area contributed by atoms with Gasteiger partial charge in [0.25, 0.3) is 0 Å². The fraction of sp³-hybridized carbons (Fsp3) is 0.115. The van der Waals surface area contributed by atoms with Crippen LogP contribution in [0.3, 0.4) is 0 Å². The van der Waals surface area contributed by atoms with Crippen LogP contribution >= 0.6 is 0 Å². The molecule has 0 radical (unpaired) electrons. The standard InChI is InChI=1S/C26H19FN4O4/c1-12-7-14(11-31-24(12)27)16-8-13(3-5-19(16)33-2)21-18(10-28)25(30)35-23-17-9-15(29)4-6-20(17)34-26(32)22(21)23/h3-9,11,21H,29-30H2,1-2H3. The number of aromatic nitrogens is 1. The molecule has 35 heavy (non-hydrogen) atoms. The normalized spacial score (nSPS) is 14.9. The monoisotopic (exact) mass is 470 g/mol. The highest BCUT2D eigenvalue weighted by molar-refractivity contribution is 5.88. The van der Waals surface area contributed by atoms with Crippen LogP contribution < -0.4 is 26.6 Å². The molecule has 8 nitrogen and oxygen atoms in total. The van der Waals surface area contributed by atoms with Crippen LogP contribution in [-0.2, 0) is 0 Å². The summed E-state index contributed by atoms with van der Waals surface area (Å²) in [6, 6.07) is 13.7. The number of anilines is 1. The van der Waals surface area contributed by atoms with E-state index in [-0.39, 0.29) is 28.4 Å². The van der Waals surface area contributed by atoms with E-state index in [1.54, 1.807) is 49.4 Å². The number of fused-ring (bicyclic) bond motifs is 3. The SMILES string of the molecule is COc1ccc(C2C(C#N)=C(N)Oc3c2c(=O)oc2ccc(N)cc32)cc1-c1cnc(F)c(C)c1. The average molecular weight is 470 g/mol. The Morgan fingerprint density at radius 3 is 2.69 bits per heavy atom. The first kappa shape index (κ1) is 22.0. The van der Waals surface area contributed by atoms with Crippen molar-refractivity contribution >= 4 is 16.7 Å². The van der Waals surface area contributed by atoms with Crippen LogP contribution in [0.25, 0.3) is 22.1 Å². The van der Waals surface area contributed by atoms with Crippen molar-refractivity contribution in [1.82, 2.24) is 4.98 Å². The zero-order valence-corrected chi connectivity index (χ0v) is 18.8. The molecule has 0 saturated heterocycles. The van der Waals surface area contributed by atoms with Crippen LogP contribution in [0.1, 0.15) is 22.6 Å². The summed E-state index contributed by atoms with van der Waals surface area (Å²) in [5, 5.41) is 10.4. The number of halogens is 1. The molecule has 2 aromatic carbocycles. The van der Waals surface area contributed by atoms with Crippen molar-refractivity contribution in [1.29, 1.82) is 5.26 Å². The van der Waals surface area contributed by atoms with Gasteiger partial charge >= 0.3 is 5.63 Å². The van der Waals surface area contributed by atoms with Gasteiger partial charge in [-0.15, -0.1) is 0 Å². The maximum Gasteiger partial charge on any atom is 0.344 e. The number of pyridine rings is 1. The molecule has 0 saturated carbocycles. The van der Waals surface area contributed by atoms with Gasteiger partial charge in [0.05, 0.1) is 24.0 Å². The Morgan fingerprint density at radius 1 is 1.17 bits per heavy atom. The second-order valence-corrected chi connectivity index (χ2v) is 8.10. The van der Waals surface area contributed by atoms with Gasteiger partial charge in [-0.1, -0.05) is 6.07 Å². The first-order valence-electron chi connectivity index (χ1n) is 10.6. The Kier molecular flexibility index (Phi) is 5.14. The molecule has 0 fully saturated rings. The second kappa shape index (κ2) is 8.18. The highest BCUT2D eigenvalue weighted by Gasteiger charge is 2.36. The minimum absolute atomic E-state index is 0.0533. The maximum atomic E-state index is 13.8. The predicted molar refractivity (Wildman–Crippen MR) is 127 cm³/mol. The molecule has 0 aliphatic carbocycles. The number of benzene rings is 2. The fourth-order valence-corrected chi connectivity index (χ4v) is 4.31. The first-order chi connectivity index (χ1) is 16.8. The van der Waals surface area contributed by atoms with Gasteiger partial charge in [0.2, 0.25) is 11.8 Å². The lowest BCUT2D eigenvalue weighted by Gasteiger charge is -2.26. The number of allylic oxidation sites excluding steroid dienone is 1. The summed E-state index contributed by atoms with van der Waals surface area (Å²) in [4.78, 5) is 17.0. The molecular formula is C26H19FN4O4. The molecule has 1 unspecified atom stereocenters. The summed E-state index contributed by atoms with van der Waals surface area (Å²) < 4.78 is 30.6. The number of rotatable bonds is 3. The van der Waals surface area contributed by atoms with Crippen molar-refractivity contribution in [2.24, 2.45) is 5.73 Å². The van der Waals surface area contributed by atoms with Gasteiger partial charge in [0.15, 0.2) is 5.75 Å². The van der Waals surface area contributed by atoms with Crippen molar-refractivity contribution in [2.75, 3.05) is 12.8 Å². The van der Waals surface area contributed by atoms with Gasteiger partial charge in [-0.25, -0.2) is 9.78 Å². The number of methoxy groups -OCH3 is 1. The number of ether oxygens (including phenoxy) is 2. The second-order valence-electron chi connectivity index (χ2n) is 8.10. The van der Waals surface area contributed by atoms with E-state index in [1.165, 1.54) is 13.3 Å². The molecule has 0 spiro atoms. The minimum atomic E-state index is -0.884. The van der Waals surface area contributed by atoms with Crippen LogP contribution in [0.15, 0.2) is 69.3 Å². The van der Waals surface area contributed by atoms with Crippen molar-refractivity contribution in [3.63, 3.8) is 0 Å². The molecule has 1 aliphatic rings. The summed E-state index contributed by atoms with van der Waals surface area (Å²) >= 11 is 0. The molecule has 3 heterocycles. The smallest absolute Gasteiger partial charge is 0.344 e. The van der Waals surface area contributed by atoms with Crippen LogP contribution in [0.2, 0.25) is 0 Å². The first-order valence-corrected chi connectivity index (χ1v) is 10.6. The van der Waals surface area contributed by atoms with E-state index in [9.17, 15) is 14.4 Å². The lowest BCUT2D eigenvalue weighted by atomic mass is 9.82. The predicted octanol–water partition coefficient (Wildman–Crippen LogP) is 4.11. The van der Waals surface area contributed by atoms with Crippen LogP contribution in [0.5, 0.6) is 11.5 Å². The highest BCUT2D eigenvalue weighted by atomic mass is 19.1. The number of aryl methyl sites for hydroxylation is 1. The lowest BCUT2D eigenvalue weighted by molar-refractivity contribution is 0.388.